The van der Waals surface area contributed by atoms with Crippen molar-refractivity contribution in [2.45, 2.75) is 11.8 Å². The van der Waals surface area contributed by atoms with Gasteiger partial charge in [-0.3, -0.25) is 4.79 Å². The van der Waals surface area contributed by atoms with Gasteiger partial charge in [-0.15, -0.1) is 0 Å². The molecule has 1 rings (SSSR count). The van der Waals surface area contributed by atoms with E-state index in [4.69, 9.17) is 10.7 Å². The highest BCUT2D eigenvalue weighted by molar-refractivity contribution is 8.13. The molecule has 0 aliphatic carbocycles. The molecule has 0 aliphatic rings. The van der Waals surface area contributed by atoms with Crippen molar-refractivity contribution < 1.29 is 21.6 Å². The number of hydrogen-bond donors (Lipinski definition) is 0. The molecule has 0 N–H and O–H groups in total. The Morgan fingerprint density at radius 2 is 1.81 bits per heavy atom. The van der Waals surface area contributed by atoms with Crippen molar-refractivity contribution in [2.24, 2.45) is 0 Å². The van der Waals surface area contributed by atoms with Crippen molar-refractivity contribution in [2.75, 3.05) is 25.6 Å². The Morgan fingerprint density at radius 3 is 2.24 bits per heavy atom. The molecule has 118 valence electrons. The highest BCUT2D eigenvalue weighted by Gasteiger charge is 2.18. The van der Waals surface area contributed by atoms with Gasteiger partial charge in [-0.25, -0.2) is 16.8 Å². The second-order valence-corrected chi connectivity index (χ2v) is 9.60. The largest absolute Gasteiger partial charge is 0.341 e. The summed E-state index contributed by atoms with van der Waals surface area (Å²) >= 11 is 0. The quantitative estimate of drug-likeness (QED) is 0.738. The first-order valence-electron chi connectivity index (χ1n) is 5.90. The van der Waals surface area contributed by atoms with Crippen molar-refractivity contribution in [1.82, 2.24) is 4.90 Å². The molecule has 0 heterocycles. The second-order valence-electron chi connectivity index (χ2n) is 4.77. The second kappa shape index (κ2) is 6.33. The maximum absolute atomic E-state index is 12.2. The van der Waals surface area contributed by atoms with E-state index >= 15 is 0 Å². The third kappa shape index (κ3) is 5.29. The molecule has 9 heteroatoms. The van der Waals surface area contributed by atoms with Crippen LogP contribution in [0.3, 0.4) is 0 Å². The van der Waals surface area contributed by atoms with Crippen LogP contribution in [0.1, 0.15) is 15.9 Å². The summed E-state index contributed by atoms with van der Waals surface area (Å²) in [6, 6.07) is 3.91. The topological polar surface area (TPSA) is 88.6 Å². The summed E-state index contributed by atoms with van der Waals surface area (Å²) in [5, 5.41) is 0. The number of rotatable bonds is 5. The van der Waals surface area contributed by atoms with Crippen LogP contribution in [-0.4, -0.2) is 53.2 Å². The molecule has 1 aromatic carbocycles. The molecule has 0 aromatic heterocycles. The molecule has 6 nitrogen and oxygen atoms in total. The van der Waals surface area contributed by atoms with E-state index < -0.39 is 18.9 Å². The molecule has 0 saturated carbocycles. The third-order valence-electron chi connectivity index (χ3n) is 2.85. The first-order chi connectivity index (χ1) is 9.42. The van der Waals surface area contributed by atoms with Crippen molar-refractivity contribution in [3.63, 3.8) is 0 Å². The van der Waals surface area contributed by atoms with Crippen LogP contribution in [0.4, 0.5) is 0 Å². The smallest absolute Gasteiger partial charge is 0.261 e. The molecule has 0 aliphatic heterocycles. The van der Waals surface area contributed by atoms with Gasteiger partial charge in [0.1, 0.15) is 9.84 Å². The molecule has 0 spiro atoms. The number of nitrogens with zero attached hydrogens (tertiary/aromatic N) is 1. The lowest BCUT2D eigenvalue weighted by Crippen LogP contribution is -2.31. The van der Waals surface area contributed by atoms with Crippen LogP contribution >= 0.6 is 10.7 Å². The van der Waals surface area contributed by atoms with Gasteiger partial charge in [0, 0.05) is 36.1 Å². The minimum Gasteiger partial charge on any atom is -0.341 e. The minimum absolute atomic E-state index is 0.0622. The summed E-state index contributed by atoms with van der Waals surface area (Å²) < 4.78 is 44.6. The van der Waals surface area contributed by atoms with Gasteiger partial charge >= 0.3 is 0 Å². The predicted octanol–water partition coefficient (Wildman–Crippen LogP) is 1.04. The molecule has 0 unspecified atom stereocenters. The van der Waals surface area contributed by atoms with E-state index in [2.05, 4.69) is 0 Å². The van der Waals surface area contributed by atoms with Crippen molar-refractivity contribution in [1.29, 1.82) is 0 Å². The van der Waals surface area contributed by atoms with Gasteiger partial charge in [-0.2, -0.15) is 0 Å². The first-order valence-corrected chi connectivity index (χ1v) is 10.3. The van der Waals surface area contributed by atoms with Crippen molar-refractivity contribution >= 4 is 35.5 Å². The van der Waals surface area contributed by atoms with Crippen LogP contribution in [0.15, 0.2) is 23.1 Å². The van der Waals surface area contributed by atoms with Crippen LogP contribution in [0.5, 0.6) is 0 Å². The maximum Gasteiger partial charge on any atom is 0.261 e. The molecule has 21 heavy (non-hydrogen) atoms. The number of aryl methyl sites for hydroxylation is 1. The summed E-state index contributed by atoms with van der Waals surface area (Å²) in [4.78, 5) is 13.4. The van der Waals surface area contributed by atoms with Crippen LogP contribution < -0.4 is 0 Å². The lowest BCUT2D eigenvalue weighted by atomic mass is 10.1. The molecule has 0 atom stereocenters. The Kier molecular flexibility index (Phi) is 5.40. The van der Waals surface area contributed by atoms with Gasteiger partial charge in [0.2, 0.25) is 0 Å². The van der Waals surface area contributed by atoms with Gasteiger partial charge in [0.05, 0.1) is 10.6 Å². The molecule has 1 aromatic rings. The number of halogens is 1. The van der Waals surface area contributed by atoms with E-state index in [1.165, 1.54) is 30.1 Å². The van der Waals surface area contributed by atoms with Crippen LogP contribution in [-0.2, 0) is 18.9 Å². The molecular weight excluding hydrogens is 338 g/mol. The van der Waals surface area contributed by atoms with Crippen molar-refractivity contribution in [3.05, 3.63) is 29.3 Å². The molecule has 0 fully saturated rings. The Hall–Kier alpha value is -1.12. The fourth-order valence-corrected chi connectivity index (χ4v) is 3.08. The normalized spacial score (nSPS) is 12.2. The third-order valence-corrected chi connectivity index (χ3v) is 5.13. The van der Waals surface area contributed by atoms with E-state index in [1.807, 2.05) is 0 Å². The fraction of sp³-hybridized carbons (Fsp3) is 0.417. The van der Waals surface area contributed by atoms with E-state index in [0.29, 0.717) is 11.1 Å². The average Bonchev–Trinajstić information content (AvgIpc) is 2.33. The zero-order valence-corrected chi connectivity index (χ0v) is 14.2. The molecule has 0 radical (unpaired) electrons. The highest BCUT2D eigenvalue weighted by atomic mass is 35.7. The molecular formula is C12H16ClNO5S2. The lowest BCUT2D eigenvalue weighted by Gasteiger charge is -2.18. The number of amides is 1. The molecule has 0 saturated heterocycles. The highest BCUT2D eigenvalue weighted by Crippen LogP contribution is 2.19. The van der Waals surface area contributed by atoms with Gasteiger partial charge in [0.15, 0.2) is 0 Å². The summed E-state index contributed by atoms with van der Waals surface area (Å²) in [5.41, 5.74) is 0.753. The summed E-state index contributed by atoms with van der Waals surface area (Å²) in [6.07, 6.45) is 1.09. The Bertz CT molecular complexity index is 756. The number of carbonyl (C=O) groups is 1. The summed E-state index contributed by atoms with van der Waals surface area (Å²) in [6.45, 7) is 1.65. The van der Waals surface area contributed by atoms with Gasteiger partial charge < -0.3 is 4.90 Å². The van der Waals surface area contributed by atoms with Crippen LogP contribution in [0.25, 0.3) is 0 Å². The van der Waals surface area contributed by atoms with E-state index in [-0.39, 0.29) is 23.1 Å². The number of benzene rings is 1. The Balaban J connectivity index is 2.98. The first kappa shape index (κ1) is 17.9. The van der Waals surface area contributed by atoms with Crippen molar-refractivity contribution in [3.8, 4) is 0 Å². The van der Waals surface area contributed by atoms with Gasteiger partial charge in [0.25, 0.3) is 15.0 Å². The molecule has 0 bridgehead atoms. The van der Waals surface area contributed by atoms with Crippen LogP contribution in [0.2, 0.25) is 0 Å². The minimum atomic E-state index is -3.85. The zero-order valence-electron chi connectivity index (χ0n) is 11.8. The SMILES string of the molecule is Cc1cc(S(=O)(=O)Cl)ccc1C(=O)N(C)CCS(C)(=O)=O. The number of carbonyl (C=O) groups excluding carboxylic acids is 1. The molecule has 1 amide bonds. The van der Waals surface area contributed by atoms with E-state index in [0.717, 1.165) is 6.26 Å². The Labute approximate surface area is 129 Å². The summed E-state index contributed by atoms with van der Waals surface area (Å²) in [5.74, 6) is -0.516. The van der Waals surface area contributed by atoms with E-state index in [1.54, 1.807) is 6.92 Å². The van der Waals surface area contributed by atoms with E-state index in [9.17, 15) is 21.6 Å². The monoisotopic (exact) mass is 353 g/mol. The van der Waals surface area contributed by atoms with Gasteiger partial charge in [-0.1, -0.05) is 0 Å². The van der Waals surface area contributed by atoms with Crippen LogP contribution in [0, 0.1) is 6.92 Å². The number of hydrogen-bond acceptors (Lipinski definition) is 5. The summed E-state index contributed by atoms with van der Waals surface area (Å²) in [7, 11) is -0.291. The fourth-order valence-electron chi connectivity index (χ4n) is 1.64. The zero-order chi connectivity index (χ0) is 16.4. The predicted molar refractivity (Wildman–Crippen MR) is 80.9 cm³/mol. The number of sulfone groups is 1. The average molecular weight is 354 g/mol. The Morgan fingerprint density at radius 1 is 1.24 bits per heavy atom. The maximum atomic E-state index is 12.2. The lowest BCUT2D eigenvalue weighted by molar-refractivity contribution is 0.0802. The van der Waals surface area contributed by atoms with Gasteiger partial charge in [-0.05, 0) is 30.7 Å². The standard InChI is InChI=1S/C12H16ClNO5S2/c1-9-8-10(21(13,18)19)4-5-11(9)12(15)14(2)6-7-20(3,16)17/h4-5,8H,6-7H2,1-3H3.